The lowest BCUT2D eigenvalue weighted by atomic mass is 10.0. The second-order valence-electron chi connectivity index (χ2n) is 6.22. The third-order valence-corrected chi connectivity index (χ3v) is 4.70. The Bertz CT molecular complexity index is 900. The van der Waals surface area contributed by atoms with E-state index in [4.69, 9.17) is 4.74 Å². The zero-order valence-corrected chi connectivity index (χ0v) is 14.3. The van der Waals surface area contributed by atoms with Crippen LogP contribution in [-0.4, -0.2) is 36.4 Å². The first-order chi connectivity index (χ1) is 12.3. The van der Waals surface area contributed by atoms with Gasteiger partial charge in [-0.1, -0.05) is 18.2 Å². The number of hydrogen-bond donors (Lipinski definition) is 2. The summed E-state index contributed by atoms with van der Waals surface area (Å²) in [4.78, 5) is 10.1. The molecule has 4 rings (SSSR count). The number of aromatic amines is 1. The number of ether oxygens (including phenoxy) is 1. The summed E-state index contributed by atoms with van der Waals surface area (Å²) in [5.74, 6) is 0. The highest BCUT2D eigenvalue weighted by molar-refractivity contribution is 5.93. The summed E-state index contributed by atoms with van der Waals surface area (Å²) in [7, 11) is 1.76. The van der Waals surface area contributed by atoms with Crippen LogP contribution in [0, 0.1) is 0 Å². The van der Waals surface area contributed by atoms with Gasteiger partial charge < -0.3 is 19.9 Å². The van der Waals surface area contributed by atoms with Crippen LogP contribution in [0.15, 0.2) is 55.4 Å². The van der Waals surface area contributed by atoms with E-state index in [9.17, 15) is 0 Å². The molecule has 25 heavy (non-hydrogen) atoms. The van der Waals surface area contributed by atoms with E-state index in [0.717, 1.165) is 53.0 Å². The molecule has 0 spiro atoms. The summed E-state index contributed by atoms with van der Waals surface area (Å²) in [5.41, 5.74) is 5.38. The molecule has 1 fully saturated rings. The first-order valence-electron chi connectivity index (χ1n) is 8.52. The van der Waals surface area contributed by atoms with Gasteiger partial charge in [0, 0.05) is 55.7 Å². The number of aromatic nitrogens is 2. The number of anilines is 2. The van der Waals surface area contributed by atoms with Crippen molar-refractivity contribution < 1.29 is 4.74 Å². The fourth-order valence-electron chi connectivity index (χ4n) is 3.27. The molecule has 5 nitrogen and oxygen atoms in total. The highest BCUT2D eigenvalue weighted by Crippen LogP contribution is 2.35. The molecule has 128 valence electrons. The topological polar surface area (TPSA) is 53.2 Å². The lowest BCUT2D eigenvalue weighted by Crippen LogP contribution is -2.48. The summed E-state index contributed by atoms with van der Waals surface area (Å²) in [6.07, 6.45) is 7.02. The monoisotopic (exact) mass is 334 g/mol. The van der Waals surface area contributed by atoms with Crippen molar-refractivity contribution >= 4 is 22.4 Å². The predicted molar refractivity (Wildman–Crippen MR) is 103 cm³/mol. The molecular weight excluding hydrogens is 312 g/mol. The van der Waals surface area contributed by atoms with Crippen molar-refractivity contribution in [3.05, 3.63) is 55.4 Å². The quantitative estimate of drug-likeness (QED) is 0.669. The number of pyridine rings is 1. The predicted octanol–water partition coefficient (Wildman–Crippen LogP) is 4.01. The Balaban J connectivity index is 1.70. The summed E-state index contributed by atoms with van der Waals surface area (Å²) in [5, 5.41) is 4.46. The Hall–Kier alpha value is -2.79. The maximum Gasteiger partial charge on any atom is 0.139 e. The molecule has 2 aromatic heterocycles. The van der Waals surface area contributed by atoms with Crippen LogP contribution >= 0.6 is 0 Å². The second kappa shape index (κ2) is 6.61. The molecule has 1 saturated heterocycles. The van der Waals surface area contributed by atoms with Crippen LogP contribution in [0.2, 0.25) is 0 Å². The molecule has 0 radical (unpaired) electrons. The summed E-state index contributed by atoms with van der Waals surface area (Å²) >= 11 is 0. The zero-order chi connectivity index (χ0) is 17.2. The Labute approximate surface area is 147 Å². The summed E-state index contributed by atoms with van der Waals surface area (Å²) in [6.45, 7) is 5.50. The van der Waals surface area contributed by atoms with Crippen LogP contribution < -0.4 is 10.2 Å². The van der Waals surface area contributed by atoms with Crippen LogP contribution in [0.3, 0.4) is 0 Å². The van der Waals surface area contributed by atoms with Gasteiger partial charge in [-0.2, -0.15) is 0 Å². The number of fused-ring (bicyclic) bond motifs is 1. The number of nitrogens with zero attached hydrogens (tertiary/aromatic N) is 2. The molecule has 1 atom stereocenters. The van der Waals surface area contributed by atoms with E-state index in [2.05, 4.69) is 57.1 Å². The number of methoxy groups -OCH3 is 1. The van der Waals surface area contributed by atoms with Gasteiger partial charge in [-0.05, 0) is 23.8 Å². The molecule has 3 heterocycles. The highest BCUT2D eigenvalue weighted by atomic mass is 16.5. The average Bonchev–Trinajstić information content (AvgIpc) is 3.02. The van der Waals surface area contributed by atoms with E-state index in [1.165, 1.54) is 0 Å². The van der Waals surface area contributed by atoms with Crippen molar-refractivity contribution in [3.63, 3.8) is 0 Å². The standard InChI is InChI=1S/C20H22N4O/c1-3-8-21-16-6-4-5-14(10-16)15-11-17-18(13-23-20(17)22-12-15)24-9-7-19(24)25-2/h3-6,10-13,19,21H,1,7-9H2,2H3,(H,22,23). The number of hydrogen-bond acceptors (Lipinski definition) is 4. The molecule has 0 aliphatic carbocycles. The third kappa shape index (κ3) is 2.87. The number of rotatable bonds is 6. The summed E-state index contributed by atoms with van der Waals surface area (Å²) in [6, 6.07) is 10.6. The SMILES string of the molecule is C=CCNc1cccc(-c2cnc3[nH]cc(N4CCC4OC)c3c2)c1. The molecule has 5 heteroatoms. The van der Waals surface area contributed by atoms with Crippen LogP contribution in [0.25, 0.3) is 22.2 Å². The van der Waals surface area contributed by atoms with Gasteiger partial charge in [0.1, 0.15) is 11.9 Å². The van der Waals surface area contributed by atoms with Crippen molar-refractivity contribution in [1.29, 1.82) is 0 Å². The van der Waals surface area contributed by atoms with E-state index >= 15 is 0 Å². The molecule has 0 bridgehead atoms. The molecule has 2 N–H and O–H groups in total. The van der Waals surface area contributed by atoms with Gasteiger partial charge in [-0.3, -0.25) is 0 Å². The van der Waals surface area contributed by atoms with E-state index in [-0.39, 0.29) is 6.23 Å². The van der Waals surface area contributed by atoms with Crippen LogP contribution in [-0.2, 0) is 4.74 Å². The highest BCUT2D eigenvalue weighted by Gasteiger charge is 2.29. The largest absolute Gasteiger partial charge is 0.382 e. The van der Waals surface area contributed by atoms with Gasteiger partial charge in [-0.15, -0.1) is 6.58 Å². The Morgan fingerprint density at radius 1 is 1.40 bits per heavy atom. The van der Waals surface area contributed by atoms with E-state index in [0.29, 0.717) is 0 Å². The lowest BCUT2D eigenvalue weighted by Gasteiger charge is -2.41. The normalized spacial score (nSPS) is 16.7. The minimum atomic E-state index is 0.161. The fourth-order valence-corrected chi connectivity index (χ4v) is 3.27. The van der Waals surface area contributed by atoms with Crippen LogP contribution in [0.5, 0.6) is 0 Å². The van der Waals surface area contributed by atoms with Gasteiger partial charge in [0.2, 0.25) is 0 Å². The fraction of sp³-hybridized carbons (Fsp3) is 0.250. The maximum atomic E-state index is 5.51. The van der Waals surface area contributed by atoms with Gasteiger partial charge in [0.05, 0.1) is 5.69 Å². The van der Waals surface area contributed by atoms with E-state index in [1.807, 2.05) is 18.5 Å². The smallest absolute Gasteiger partial charge is 0.139 e. The number of benzene rings is 1. The molecule has 0 amide bonds. The molecule has 3 aromatic rings. The molecule has 1 aliphatic rings. The van der Waals surface area contributed by atoms with Crippen molar-refractivity contribution in [2.75, 3.05) is 30.4 Å². The maximum absolute atomic E-state index is 5.51. The minimum absolute atomic E-state index is 0.161. The second-order valence-corrected chi connectivity index (χ2v) is 6.22. The number of nitrogens with one attached hydrogen (secondary N) is 2. The summed E-state index contributed by atoms with van der Waals surface area (Å²) < 4.78 is 5.51. The first-order valence-corrected chi connectivity index (χ1v) is 8.52. The molecule has 1 unspecified atom stereocenters. The van der Waals surface area contributed by atoms with Crippen LogP contribution in [0.4, 0.5) is 11.4 Å². The van der Waals surface area contributed by atoms with Crippen molar-refractivity contribution in [2.45, 2.75) is 12.6 Å². The lowest BCUT2D eigenvalue weighted by molar-refractivity contribution is 0.0561. The minimum Gasteiger partial charge on any atom is -0.382 e. The zero-order valence-electron chi connectivity index (χ0n) is 14.3. The number of H-pyrrole nitrogens is 1. The van der Waals surface area contributed by atoms with Crippen LogP contribution in [0.1, 0.15) is 6.42 Å². The van der Waals surface area contributed by atoms with Crippen molar-refractivity contribution in [2.24, 2.45) is 0 Å². The molecule has 1 aliphatic heterocycles. The van der Waals surface area contributed by atoms with Gasteiger partial charge in [-0.25, -0.2) is 4.98 Å². The van der Waals surface area contributed by atoms with Gasteiger partial charge in [0.15, 0.2) is 0 Å². The molecular formula is C20H22N4O. The van der Waals surface area contributed by atoms with Gasteiger partial charge >= 0.3 is 0 Å². The van der Waals surface area contributed by atoms with Crippen molar-refractivity contribution in [3.8, 4) is 11.1 Å². The van der Waals surface area contributed by atoms with Gasteiger partial charge in [0.25, 0.3) is 0 Å². The van der Waals surface area contributed by atoms with E-state index < -0.39 is 0 Å². The average molecular weight is 334 g/mol. The molecule has 1 aromatic carbocycles. The third-order valence-electron chi connectivity index (χ3n) is 4.70. The first kappa shape index (κ1) is 15.7. The Morgan fingerprint density at radius 2 is 2.32 bits per heavy atom. The Morgan fingerprint density at radius 3 is 3.08 bits per heavy atom. The molecule has 0 saturated carbocycles. The Kier molecular flexibility index (Phi) is 4.15. The van der Waals surface area contributed by atoms with Crippen molar-refractivity contribution in [1.82, 2.24) is 9.97 Å². The van der Waals surface area contributed by atoms with E-state index in [1.54, 1.807) is 7.11 Å².